The topological polar surface area (TPSA) is 49.7 Å². The van der Waals surface area contributed by atoms with Crippen LogP contribution in [0.15, 0.2) is 47.5 Å². The van der Waals surface area contributed by atoms with Gasteiger partial charge >= 0.3 is 0 Å². The number of halogens is 1. The van der Waals surface area contributed by atoms with Crippen molar-refractivity contribution < 1.29 is 8.42 Å². The number of aliphatic imine (C=N–C) groups is 1. The van der Waals surface area contributed by atoms with E-state index in [9.17, 15) is 8.42 Å². The summed E-state index contributed by atoms with van der Waals surface area (Å²) in [6, 6.07) is 13.8. The van der Waals surface area contributed by atoms with Gasteiger partial charge in [-0.3, -0.25) is 4.99 Å². The maximum Gasteiger partial charge on any atom is 0.164 e. The zero-order chi connectivity index (χ0) is 19.2. The van der Waals surface area contributed by atoms with Crippen LogP contribution in [-0.2, 0) is 15.6 Å². The molecule has 0 aliphatic carbocycles. The minimum absolute atomic E-state index is 0.108. The van der Waals surface area contributed by atoms with Gasteiger partial charge in [-0.25, -0.2) is 8.42 Å². The van der Waals surface area contributed by atoms with E-state index in [2.05, 4.69) is 36.9 Å². The van der Waals surface area contributed by atoms with E-state index in [1.165, 1.54) is 0 Å². The Labute approximate surface area is 169 Å². The molecule has 0 spiro atoms. The minimum atomic E-state index is -3.04. The Morgan fingerprint density at radius 2 is 1.89 bits per heavy atom. The minimum Gasteiger partial charge on any atom is -0.315 e. The molecule has 0 saturated carbocycles. The molecular formula is C20H21ClN2O2S2. The maximum atomic E-state index is 12.2. The molecule has 0 radical (unpaired) electrons. The van der Waals surface area contributed by atoms with Crippen LogP contribution in [0.1, 0.15) is 16.7 Å². The van der Waals surface area contributed by atoms with Gasteiger partial charge in [-0.1, -0.05) is 47.6 Å². The van der Waals surface area contributed by atoms with Gasteiger partial charge in [0.2, 0.25) is 0 Å². The van der Waals surface area contributed by atoms with Gasteiger partial charge in [0.15, 0.2) is 15.0 Å². The second-order valence-electron chi connectivity index (χ2n) is 7.20. The number of aryl methyl sites for hydroxylation is 2. The molecule has 142 valence electrons. The number of sulfone groups is 1. The molecule has 1 fully saturated rings. The van der Waals surface area contributed by atoms with E-state index < -0.39 is 9.84 Å². The molecular weight excluding hydrogens is 400 g/mol. The Bertz CT molecular complexity index is 1000. The molecule has 4 rings (SSSR count). The highest BCUT2D eigenvalue weighted by atomic mass is 35.5. The van der Waals surface area contributed by atoms with Crippen molar-refractivity contribution in [2.45, 2.75) is 31.7 Å². The summed E-state index contributed by atoms with van der Waals surface area (Å²) in [5.74, 6) is 1.08. The average Bonchev–Trinajstić information content (AvgIpc) is 3.08. The van der Waals surface area contributed by atoms with Gasteiger partial charge in [0.05, 0.1) is 23.6 Å². The first-order chi connectivity index (χ1) is 12.8. The van der Waals surface area contributed by atoms with Crippen LogP contribution >= 0.6 is 23.4 Å². The Morgan fingerprint density at radius 1 is 1.15 bits per heavy atom. The molecule has 0 amide bonds. The van der Waals surface area contributed by atoms with E-state index in [-0.39, 0.29) is 23.6 Å². The number of hydrogen-bond acceptors (Lipinski definition) is 5. The van der Waals surface area contributed by atoms with Crippen molar-refractivity contribution in [1.29, 1.82) is 0 Å². The number of nitrogens with zero attached hydrogens (tertiary/aromatic N) is 2. The summed E-state index contributed by atoms with van der Waals surface area (Å²) in [6.07, 6.45) is 0. The maximum absolute atomic E-state index is 12.2. The molecule has 2 heterocycles. The largest absolute Gasteiger partial charge is 0.315 e. The van der Waals surface area contributed by atoms with Crippen molar-refractivity contribution in [1.82, 2.24) is 0 Å². The SMILES string of the molecule is Cc1ccc(C)c(N2C(SCc3ccc(Cl)cc3)=N[C@H]3CS(=O)(=O)C[C@H]32)c1. The second-order valence-corrected chi connectivity index (χ2v) is 10.7. The highest BCUT2D eigenvalue weighted by molar-refractivity contribution is 8.13. The van der Waals surface area contributed by atoms with E-state index in [1.54, 1.807) is 11.8 Å². The molecule has 4 nitrogen and oxygen atoms in total. The molecule has 2 atom stereocenters. The lowest BCUT2D eigenvalue weighted by molar-refractivity contribution is 0.601. The van der Waals surface area contributed by atoms with Gasteiger partial charge in [0.1, 0.15) is 0 Å². The summed E-state index contributed by atoms with van der Waals surface area (Å²) in [6.45, 7) is 4.12. The zero-order valence-electron chi connectivity index (χ0n) is 15.2. The third-order valence-corrected chi connectivity index (χ3v) is 8.00. The lowest BCUT2D eigenvalue weighted by Gasteiger charge is -2.28. The number of amidine groups is 1. The van der Waals surface area contributed by atoms with E-state index in [0.717, 1.165) is 38.3 Å². The number of benzene rings is 2. The normalized spacial score (nSPS) is 23.4. The molecule has 0 N–H and O–H groups in total. The van der Waals surface area contributed by atoms with Crippen molar-refractivity contribution in [2.75, 3.05) is 16.4 Å². The average molecular weight is 421 g/mol. The van der Waals surface area contributed by atoms with Gasteiger partial charge in [-0.2, -0.15) is 0 Å². The summed E-state index contributed by atoms with van der Waals surface area (Å²) < 4.78 is 24.4. The number of hydrogen-bond donors (Lipinski definition) is 0. The van der Waals surface area contributed by atoms with Crippen molar-refractivity contribution in [3.8, 4) is 0 Å². The molecule has 2 aliphatic heterocycles. The van der Waals surface area contributed by atoms with Gasteiger partial charge < -0.3 is 4.90 Å². The summed E-state index contributed by atoms with van der Waals surface area (Å²) >= 11 is 7.63. The molecule has 0 bridgehead atoms. The van der Waals surface area contributed by atoms with Crippen molar-refractivity contribution in [2.24, 2.45) is 4.99 Å². The van der Waals surface area contributed by atoms with Crippen LogP contribution < -0.4 is 4.90 Å². The van der Waals surface area contributed by atoms with Gasteiger partial charge in [-0.05, 0) is 48.7 Å². The van der Waals surface area contributed by atoms with Crippen LogP contribution in [0.5, 0.6) is 0 Å². The summed E-state index contributed by atoms with van der Waals surface area (Å²) in [4.78, 5) is 6.96. The smallest absolute Gasteiger partial charge is 0.164 e. The van der Waals surface area contributed by atoms with Crippen LogP contribution in [0.4, 0.5) is 5.69 Å². The van der Waals surface area contributed by atoms with Crippen molar-refractivity contribution >= 4 is 44.1 Å². The molecule has 2 aromatic rings. The number of thioether (sulfide) groups is 1. The molecule has 1 saturated heterocycles. The van der Waals surface area contributed by atoms with Crippen LogP contribution in [0, 0.1) is 13.8 Å². The highest BCUT2D eigenvalue weighted by Gasteiger charge is 2.47. The first-order valence-electron chi connectivity index (χ1n) is 8.84. The summed E-state index contributed by atoms with van der Waals surface area (Å²) in [7, 11) is -3.04. The predicted octanol–water partition coefficient (Wildman–Crippen LogP) is 4.23. The highest BCUT2D eigenvalue weighted by Crippen LogP contribution is 2.37. The first kappa shape index (κ1) is 18.8. The first-order valence-corrected chi connectivity index (χ1v) is 12.0. The van der Waals surface area contributed by atoms with Crippen molar-refractivity contribution in [3.63, 3.8) is 0 Å². The predicted molar refractivity (Wildman–Crippen MR) is 115 cm³/mol. The lowest BCUT2D eigenvalue weighted by Crippen LogP contribution is -2.39. The fraction of sp³-hybridized carbons (Fsp3) is 0.350. The molecule has 27 heavy (non-hydrogen) atoms. The number of rotatable bonds is 3. The van der Waals surface area contributed by atoms with Crippen LogP contribution in [0.3, 0.4) is 0 Å². The fourth-order valence-corrected chi connectivity index (χ4v) is 6.66. The molecule has 0 unspecified atom stereocenters. The Morgan fingerprint density at radius 3 is 2.63 bits per heavy atom. The van der Waals surface area contributed by atoms with E-state index >= 15 is 0 Å². The van der Waals surface area contributed by atoms with Crippen molar-refractivity contribution in [3.05, 3.63) is 64.2 Å². The standard InChI is InChI=1S/C20H21ClN2O2S2/c1-13-3-4-14(2)18(9-13)23-19-12-27(24,25)11-17(19)22-20(23)26-10-15-5-7-16(21)8-6-15/h3-9,17,19H,10-12H2,1-2H3/t17-,19+/m0/s1. The van der Waals surface area contributed by atoms with Crippen LogP contribution in [-0.4, -0.2) is 37.2 Å². The van der Waals surface area contributed by atoms with Gasteiger partial charge in [-0.15, -0.1) is 0 Å². The monoisotopic (exact) mass is 420 g/mol. The molecule has 0 aromatic heterocycles. The number of anilines is 1. The second kappa shape index (κ2) is 7.15. The quantitative estimate of drug-likeness (QED) is 0.745. The summed E-state index contributed by atoms with van der Waals surface area (Å²) in [5, 5.41) is 1.63. The van der Waals surface area contributed by atoms with E-state index in [4.69, 9.17) is 16.6 Å². The van der Waals surface area contributed by atoms with Gasteiger partial charge in [0, 0.05) is 16.5 Å². The molecule has 2 aliphatic rings. The van der Waals surface area contributed by atoms with E-state index in [1.807, 2.05) is 24.3 Å². The van der Waals surface area contributed by atoms with E-state index in [0.29, 0.717) is 0 Å². The fourth-order valence-electron chi connectivity index (χ4n) is 3.62. The third kappa shape index (κ3) is 3.89. The molecule has 2 aromatic carbocycles. The lowest BCUT2D eigenvalue weighted by atomic mass is 10.1. The number of fused-ring (bicyclic) bond motifs is 1. The van der Waals surface area contributed by atoms with Crippen LogP contribution in [0.25, 0.3) is 0 Å². The summed E-state index contributed by atoms with van der Waals surface area (Å²) in [5.41, 5.74) is 4.51. The van der Waals surface area contributed by atoms with Crippen LogP contribution in [0.2, 0.25) is 5.02 Å². The Kier molecular flexibility index (Phi) is 4.99. The Balaban J connectivity index is 1.65. The third-order valence-electron chi connectivity index (χ3n) is 5.01. The molecule has 7 heteroatoms. The van der Waals surface area contributed by atoms with Gasteiger partial charge in [0.25, 0.3) is 0 Å². The zero-order valence-corrected chi connectivity index (χ0v) is 17.6. The Hall–Kier alpha value is -1.50.